The number of amides is 1. The van der Waals surface area contributed by atoms with Crippen molar-refractivity contribution in [3.8, 4) is 10.8 Å². The summed E-state index contributed by atoms with van der Waals surface area (Å²) in [6.45, 7) is 0. The summed E-state index contributed by atoms with van der Waals surface area (Å²) in [4.78, 5) is 19.9. The largest absolute Gasteiger partial charge is 0.444 e. The standard InChI is InChI=1S/C18H24N2O2S/c1-20(15-8-5-3-2-4-6-9-15)17(21)12-14-13-22-18(19-14)16-10-7-11-23-16/h7,10-11,13,15H,2-6,8-9,12H2,1H3. The molecule has 1 aliphatic rings. The average molecular weight is 332 g/mol. The van der Waals surface area contributed by atoms with Gasteiger partial charge in [0.25, 0.3) is 0 Å². The van der Waals surface area contributed by atoms with E-state index in [1.54, 1.807) is 17.6 Å². The van der Waals surface area contributed by atoms with Crippen LogP contribution >= 0.6 is 11.3 Å². The molecule has 2 aromatic rings. The zero-order chi connectivity index (χ0) is 16.1. The Balaban J connectivity index is 1.59. The molecule has 2 heterocycles. The maximum atomic E-state index is 12.6. The molecule has 4 nitrogen and oxygen atoms in total. The molecule has 0 spiro atoms. The minimum Gasteiger partial charge on any atom is -0.444 e. The molecule has 0 aromatic carbocycles. The molecule has 3 rings (SSSR count). The van der Waals surface area contributed by atoms with Gasteiger partial charge in [0.1, 0.15) is 6.26 Å². The lowest BCUT2D eigenvalue weighted by atomic mass is 9.95. The SMILES string of the molecule is CN(C(=O)Cc1coc(-c2cccs2)n1)C1CCCCCCC1. The highest BCUT2D eigenvalue weighted by Crippen LogP contribution is 2.24. The minimum atomic E-state index is 0.140. The van der Waals surface area contributed by atoms with Gasteiger partial charge in [-0.3, -0.25) is 4.79 Å². The molecule has 1 aliphatic carbocycles. The fourth-order valence-corrected chi connectivity index (χ4v) is 3.86. The van der Waals surface area contributed by atoms with Crippen LogP contribution in [0.3, 0.4) is 0 Å². The van der Waals surface area contributed by atoms with Crippen LogP contribution in [-0.4, -0.2) is 28.9 Å². The van der Waals surface area contributed by atoms with Crippen molar-refractivity contribution in [2.45, 2.75) is 57.4 Å². The number of hydrogen-bond acceptors (Lipinski definition) is 4. The Morgan fingerprint density at radius 1 is 1.30 bits per heavy atom. The van der Waals surface area contributed by atoms with Gasteiger partial charge in [-0.15, -0.1) is 11.3 Å². The van der Waals surface area contributed by atoms with Crippen molar-refractivity contribution in [1.29, 1.82) is 0 Å². The molecule has 0 radical (unpaired) electrons. The molecule has 1 saturated carbocycles. The molecular formula is C18H24N2O2S. The van der Waals surface area contributed by atoms with E-state index >= 15 is 0 Å². The molecule has 1 fully saturated rings. The van der Waals surface area contributed by atoms with Gasteiger partial charge in [0.15, 0.2) is 0 Å². The summed E-state index contributed by atoms with van der Waals surface area (Å²) in [7, 11) is 1.94. The molecule has 2 aromatic heterocycles. The lowest BCUT2D eigenvalue weighted by molar-refractivity contribution is -0.131. The van der Waals surface area contributed by atoms with Crippen molar-refractivity contribution < 1.29 is 9.21 Å². The van der Waals surface area contributed by atoms with Gasteiger partial charge in [0.2, 0.25) is 11.8 Å². The van der Waals surface area contributed by atoms with Crippen molar-refractivity contribution in [2.75, 3.05) is 7.05 Å². The topological polar surface area (TPSA) is 46.3 Å². The molecule has 0 unspecified atom stereocenters. The Morgan fingerprint density at radius 3 is 2.74 bits per heavy atom. The van der Waals surface area contributed by atoms with E-state index in [4.69, 9.17) is 4.42 Å². The van der Waals surface area contributed by atoms with Crippen molar-refractivity contribution in [1.82, 2.24) is 9.88 Å². The van der Waals surface area contributed by atoms with Crippen LogP contribution in [-0.2, 0) is 11.2 Å². The van der Waals surface area contributed by atoms with E-state index in [1.807, 2.05) is 29.5 Å². The summed E-state index contributed by atoms with van der Waals surface area (Å²) in [5.74, 6) is 0.748. The number of aromatic nitrogens is 1. The zero-order valence-electron chi connectivity index (χ0n) is 13.7. The second-order valence-electron chi connectivity index (χ2n) is 6.30. The van der Waals surface area contributed by atoms with E-state index in [9.17, 15) is 4.79 Å². The van der Waals surface area contributed by atoms with E-state index in [1.165, 1.54) is 32.1 Å². The molecular weight excluding hydrogens is 308 g/mol. The summed E-state index contributed by atoms with van der Waals surface area (Å²) in [5, 5.41) is 1.99. The number of oxazole rings is 1. The van der Waals surface area contributed by atoms with E-state index in [0.717, 1.165) is 23.4 Å². The summed E-state index contributed by atoms with van der Waals surface area (Å²) in [6, 6.07) is 4.33. The van der Waals surface area contributed by atoms with Crippen molar-refractivity contribution >= 4 is 17.2 Å². The Labute approximate surface area is 141 Å². The minimum absolute atomic E-state index is 0.140. The first-order valence-corrected chi connectivity index (χ1v) is 9.36. The second kappa shape index (κ2) is 7.77. The van der Waals surface area contributed by atoms with Gasteiger partial charge in [-0.05, 0) is 24.3 Å². The average Bonchev–Trinajstić information content (AvgIpc) is 3.16. The predicted octanol–water partition coefficient (Wildman–Crippen LogP) is 4.52. The molecule has 1 amide bonds. The Morgan fingerprint density at radius 2 is 2.04 bits per heavy atom. The summed E-state index contributed by atoms with van der Waals surface area (Å²) >= 11 is 1.59. The summed E-state index contributed by atoms with van der Waals surface area (Å²) < 4.78 is 5.50. The van der Waals surface area contributed by atoms with Crippen LogP contribution < -0.4 is 0 Å². The highest BCUT2D eigenvalue weighted by atomic mass is 32.1. The van der Waals surface area contributed by atoms with Crippen LogP contribution in [0, 0.1) is 0 Å². The third kappa shape index (κ3) is 4.22. The third-order valence-corrected chi connectivity index (χ3v) is 5.49. The lowest BCUT2D eigenvalue weighted by Crippen LogP contribution is -2.38. The smallest absolute Gasteiger partial charge is 0.236 e. The molecule has 5 heteroatoms. The molecule has 0 atom stereocenters. The number of likely N-dealkylation sites (N-methyl/N-ethyl adjacent to an activating group) is 1. The van der Waals surface area contributed by atoms with Gasteiger partial charge in [0.05, 0.1) is 17.0 Å². The monoisotopic (exact) mass is 332 g/mol. The van der Waals surface area contributed by atoms with E-state index in [-0.39, 0.29) is 5.91 Å². The third-order valence-electron chi connectivity index (χ3n) is 4.63. The van der Waals surface area contributed by atoms with Crippen molar-refractivity contribution in [3.05, 3.63) is 29.5 Å². The van der Waals surface area contributed by atoms with Crippen LogP contribution in [0.1, 0.15) is 50.6 Å². The first-order valence-electron chi connectivity index (χ1n) is 8.48. The van der Waals surface area contributed by atoms with Crippen LogP contribution in [0.5, 0.6) is 0 Å². The predicted molar refractivity (Wildman–Crippen MR) is 92.4 cm³/mol. The highest BCUT2D eigenvalue weighted by Gasteiger charge is 2.21. The second-order valence-corrected chi connectivity index (χ2v) is 7.25. The number of thiophene rings is 1. The summed E-state index contributed by atoms with van der Waals surface area (Å²) in [5.41, 5.74) is 0.719. The molecule has 0 aliphatic heterocycles. The fourth-order valence-electron chi connectivity index (χ4n) is 3.21. The maximum absolute atomic E-state index is 12.6. The first-order chi connectivity index (χ1) is 11.2. The normalized spacial score (nSPS) is 16.7. The first kappa shape index (κ1) is 16.2. The van der Waals surface area contributed by atoms with Crippen LogP contribution in [0.15, 0.2) is 28.2 Å². The van der Waals surface area contributed by atoms with E-state index in [0.29, 0.717) is 18.4 Å². The molecule has 124 valence electrons. The van der Waals surface area contributed by atoms with Gasteiger partial charge < -0.3 is 9.32 Å². The highest BCUT2D eigenvalue weighted by molar-refractivity contribution is 7.13. The quantitative estimate of drug-likeness (QED) is 0.827. The zero-order valence-corrected chi connectivity index (χ0v) is 14.5. The van der Waals surface area contributed by atoms with Crippen molar-refractivity contribution in [3.63, 3.8) is 0 Å². The van der Waals surface area contributed by atoms with Gasteiger partial charge >= 0.3 is 0 Å². The summed E-state index contributed by atoms with van der Waals surface area (Å²) in [6.07, 6.45) is 10.6. The van der Waals surface area contributed by atoms with E-state index < -0.39 is 0 Å². The number of hydrogen-bond donors (Lipinski definition) is 0. The lowest BCUT2D eigenvalue weighted by Gasteiger charge is -2.29. The van der Waals surface area contributed by atoms with Crippen LogP contribution in [0.2, 0.25) is 0 Å². The number of carbonyl (C=O) groups is 1. The van der Waals surface area contributed by atoms with Crippen LogP contribution in [0.25, 0.3) is 10.8 Å². The maximum Gasteiger partial charge on any atom is 0.236 e. The van der Waals surface area contributed by atoms with E-state index in [2.05, 4.69) is 4.98 Å². The molecule has 23 heavy (non-hydrogen) atoms. The number of carbonyl (C=O) groups excluding carboxylic acids is 1. The van der Waals surface area contributed by atoms with Gasteiger partial charge in [-0.25, -0.2) is 4.98 Å². The molecule has 0 N–H and O–H groups in total. The Bertz CT molecular complexity index is 613. The van der Waals surface area contributed by atoms with Gasteiger partial charge in [-0.2, -0.15) is 0 Å². The van der Waals surface area contributed by atoms with Gasteiger partial charge in [-0.1, -0.05) is 38.2 Å². The fraction of sp³-hybridized carbons (Fsp3) is 0.556. The number of rotatable bonds is 4. The van der Waals surface area contributed by atoms with Crippen LogP contribution in [0.4, 0.5) is 0 Å². The number of nitrogens with zero attached hydrogens (tertiary/aromatic N) is 2. The van der Waals surface area contributed by atoms with Gasteiger partial charge in [0, 0.05) is 13.1 Å². The molecule has 0 saturated heterocycles. The molecule has 0 bridgehead atoms. The Kier molecular flexibility index (Phi) is 5.49. The Hall–Kier alpha value is -1.62. The van der Waals surface area contributed by atoms with Crippen molar-refractivity contribution in [2.24, 2.45) is 0 Å².